The van der Waals surface area contributed by atoms with Crippen molar-refractivity contribution in [3.63, 3.8) is 0 Å². The highest BCUT2D eigenvalue weighted by Gasteiger charge is 2.02. The van der Waals surface area contributed by atoms with E-state index in [2.05, 4.69) is 21.4 Å². The van der Waals surface area contributed by atoms with E-state index in [-0.39, 0.29) is 11.9 Å². The van der Waals surface area contributed by atoms with Crippen LogP contribution < -0.4 is 22.0 Å². The van der Waals surface area contributed by atoms with Crippen LogP contribution in [0.1, 0.15) is 10.4 Å². The van der Waals surface area contributed by atoms with E-state index in [1.54, 1.807) is 31.3 Å². The Morgan fingerprint density at radius 2 is 2.00 bits per heavy atom. The number of hydrazine groups is 1. The van der Waals surface area contributed by atoms with Gasteiger partial charge in [-0.05, 0) is 12.1 Å². The molecule has 15 heavy (non-hydrogen) atoms. The number of nitrogens with zero attached hydrogens (tertiary/aromatic N) is 1. The van der Waals surface area contributed by atoms with Gasteiger partial charge in [0.05, 0.1) is 0 Å². The molecule has 0 heterocycles. The lowest BCUT2D eigenvalue weighted by Gasteiger charge is -2.03. The number of carbonyl (C=O) groups excluding carboxylic acids is 1. The van der Waals surface area contributed by atoms with Gasteiger partial charge >= 0.3 is 0 Å². The fourth-order valence-corrected chi connectivity index (χ4v) is 0.921. The second kappa shape index (κ2) is 5.61. The normalized spacial score (nSPS) is 10.9. The van der Waals surface area contributed by atoms with Gasteiger partial charge in [0.2, 0.25) is 5.96 Å². The van der Waals surface area contributed by atoms with Crippen molar-refractivity contribution >= 4 is 11.9 Å². The second-order valence-electron chi connectivity index (χ2n) is 2.68. The Morgan fingerprint density at radius 1 is 1.33 bits per heavy atom. The standard InChI is InChI=1S/C9H13N5O/c1-11-13-9(10)14-12-8(15)7-5-3-2-4-6-7/h2-6,11H,1H3,(H,12,15)(H3,10,13,14). The van der Waals surface area contributed by atoms with Gasteiger partial charge in [-0.3, -0.25) is 10.2 Å². The third-order valence-electron chi connectivity index (χ3n) is 1.57. The van der Waals surface area contributed by atoms with Crippen LogP contribution in [-0.2, 0) is 0 Å². The number of hydrogen-bond acceptors (Lipinski definition) is 3. The third kappa shape index (κ3) is 3.65. The summed E-state index contributed by atoms with van der Waals surface area (Å²) in [7, 11) is 1.64. The van der Waals surface area contributed by atoms with Crippen LogP contribution in [0.5, 0.6) is 0 Å². The molecule has 0 radical (unpaired) electrons. The number of hydrazone groups is 1. The number of amides is 1. The minimum absolute atomic E-state index is 0.0850. The second-order valence-corrected chi connectivity index (χ2v) is 2.68. The lowest BCUT2D eigenvalue weighted by atomic mass is 10.2. The largest absolute Gasteiger partial charge is 0.367 e. The van der Waals surface area contributed by atoms with Crippen LogP contribution in [0.3, 0.4) is 0 Å². The van der Waals surface area contributed by atoms with Gasteiger partial charge in [-0.2, -0.15) is 0 Å². The van der Waals surface area contributed by atoms with Crippen molar-refractivity contribution in [2.45, 2.75) is 0 Å². The van der Waals surface area contributed by atoms with Crippen LogP contribution in [0, 0.1) is 0 Å². The molecule has 1 aromatic carbocycles. The van der Waals surface area contributed by atoms with Crippen molar-refractivity contribution in [1.29, 1.82) is 0 Å². The summed E-state index contributed by atoms with van der Waals surface area (Å²) in [5, 5.41) is 3.61. The van der Waals surface area contributed by atoms with Crippen LogP contribution in [0.25, 0.3) is 0 Å². The molecule has 0 aliphatic rings. The van der Waals surface area contributed by atoms with E-state index >= 15 is 0 Å². The van der Waals surface area contributed by atoms with Gasteiger partial charge in [-0.25, -0.2) is 10.9 Å². The predicted octanol–water partition coefficient (Wildman–Crippen LogP) is -0.630. The van der Waals surface area contributed by atoms with Crippen LogP contribution in [-0.4, -0.2) is 18.9 Å². The first-order valence-corrected chi connectivity index (χ1v) is 4.35. The molecule has 1 aromatic rings. The maximum atomic E-state index is 11.4. The quantitative estimate of drug-likeness (QED) is 0.302. The molecule has 1 rings (SSSR count). The summed E-state index contributed by atoms with van der Waals surface area (Å²) in [4.78, 5) is 11.4. The zero-order valence-corrected chi connectivity index (χ0v) is 8.32. The highest BCUT2D eigenvalue weighted by molar-refractivity contribution is 5.94. The average Bonchev–Trinajstić information content (AvgIpc) is 2.27. The summed E-state index contributed by atoms with van der Waals surface area (Å²) in [6.45, 7) is 0. The number of hydrogen-bond donors (Lipinski definition) is 4. The van der Waals surface area contributed by atoms with Gasteiger partial charge in [0.15, 0.2) is 0 Å². The first-order valence-electron chi connectivity index (χ1n) is 4.35. The smallest absolute Gasteiger partial charge is 0.271 e. The zero-order valence-electron chi connectivity index (χ0n) is 8.32. The molecule has 0 fully saturated rings. The Morgan fingerprint density at radius 3 is 2.60 bits per heavy atom. The number of benzene rings is 1. The van der Waals surface area contributed by atoms with E-state index in [4.69, 9.17) is 5.73 Å². The molecule has 0 saturated heterocycles. The zero-order chi connectivity index (χ0) is 11.1. The average molecular weight is 207 g/mol. The molecule has 5 N–H and O–H groups in total. The molecular formula is C9H13N5O. The van der Waals surface area contributed by atoms with E-state index in [0.717, 1.165) is 0 Å². The van der Waals surface area contributed by atoms with E-state index in [1.165, 1.54) is 0 Å². The van der Waals surface area contributed by atoms with Gasteiger partial charge in [0, 0.05) is 12.6 Å². The molecule has 80 valence electrons. The lowest BCUT2D eigenvalue weighted by molar-refractivity contribution is 0.0954. The minimum Gasteiger partial charge on any atom is -0.367 e. The van der Waals surface area contributed by atoms with E-state index in [0.29, 0.717) is 5.56 Å². The monoisotopic (exact) mass is 207 g/mol. The van der Waals surface area contributed by atoms with Crippen molar-refractivity contribution in [2.24, 2.45) is 10.8 Å². The summed E-state index contributed by atoms with van der Waals surface area (Å²) < 4.78 is 0. The molecule has 0 bridgehead atoms. The summed E-state index contributed by atoms with van der Waals surface area (Å²) in [6, 6.07) is 8.75. The van der Waals surface area contributed by atoms with Crippen LogP contribution in [0.2, 0.25) is 0 Å². The highest BCUT2D eigenvalue weighted by Crippen LogP contribution is 1.97. The van der Waals surface area contributed by atoms with Gasteiger partial charge in [0.1, 0.15) is 0 Å². The van der Waals surface area contributed by atoms with Gasteiger partial charge in [0.25, 0.3) is 5.91 Å². The highest BCUT2D eigenvalue weighted by atomic mass is 16.2. The summed E-state index contributed by atoms with van der Waals surface area (Å²) in [5.41, 5.74) is 13.3. The van der Waals surface area contributed by atoms with E-state index in [1.807, 2.05) is 6.07 Å². The van der Waals surface area contributed by atoms with Gasteiger partial charge in [-0.1, -0.05) is 18.2 Å². The van der Waals surface area contributed by atoms with Crippen molar-refractivity contribution in [3.8, 4) is 0 Å². The Balaban J connectivity index is 2.54. The number of nitrogens with two attached hydrogens (primary N) is 1. The Hall–Kier alpha value is -2.08. The first kappa shape index (κ1) is 11.0. The molecule has 6 nitrogen and oxygen atoms in total. The molecule has 0 unspecified atom stereocenters. The van der Waals surface area contributed by atoms with Crippen molar-refractivity contribution < 1.29 is 4.79 Å². The van der Waals surface area contributed by atoms with Crippen LogP contribution in [0.15, 0.2) is 35.4 Å². The maximum Gasteiger partial charge on any atom is 0.271 e. The van der Waals surface area contributed by atoms with Crippen molar-refractivity contribution in [1.82, 2.24) is 16.3 Å². The van der Waals surface area contributed by atoms with Crippen LogP contribution >= 0.6 is 0 Å². The Bertz CT molecular complexity index is 349. The van der Waals surface area contributed by atoms with Gasteiger partial charge in [-0.15, -0.1) is 5.10 Å². The number of guanidine groups is 1. The molecule has 0 saturated carbocycles. The van der Waals surface area contributed by atoms with E-state index in [9.17, 15) is 4.79 Å². The molecule has 0 spiro atoms. The predicted molar refractivity (Wildman–Crippen MR) is 57.7 cm³/mol. The molecule has 1 amide bonds. The van der Waals surface area contributed by atoms with Gasteiger partial charge < -0.3 is 5.73 Å². The number of carbonyl (C=O) groups is 1. The molecule has 0 aromatic heterocycles. The molecule has 0 aliphatic carbocycles. The topological polar surface area (TPSA) is 91.5 Å². The minimum atomic E-state index is -0.309. The summed E-state index contributed by atoms with van der Waals surface area (Å²) in [5.74, 6) is -0.224. The Labute approximate surface area is 87.5 Å². The molecule has 6 heteroatoms. The fourth-order valence-electron chi connectivity index (χ4n) is 0.921. The van der Waals surface area contributed by atoms with Crippen molar-refractivity contribution in [2.75, 3.05) is 7.05 Å². The number of rotatable bonds is 3. The summed E-state index contributed by atoms with van der Waals surface area (Å²) >= 11 is 0. The third-order valence-corrected chi connectivity index (χ3v) is 1.57. The number of nitrogens with one attached hydrogen (secondary N) is 3. The first-order chi connectivity index (χ1) is 7.24. The van der Waals surface area contributed by atoms with E-state index < -0.39 is 0 Å². The SMILES string of the molecule is CNNC(N)=NNC(=O)c1ccccc1. The fraction of sp³-hybridized carbons (Fsp3) is 0.111. The lowest BCUT2D eigenvalue weighted by Crippen LogP contribution is -2.41. The maximum absolute atomic E-state index is 11.4. The van der Waals surface area contributed by atoms with Crippen LogP contribution in [0.4, 0.5) is 0 Å². The molecular weight excluding hydrogens is 194 g/mol. The molecule has 0 atom stereocenters. The van der Waals surface area contributed by atoms with Crippen molar-refractivity contribution in [3.05, 3.63) is 35.9 Å². The Kier molecular flexibility index (Phi) is 4.11. The summed E-state index contributed by atoms with van der Waals surface area (Å²) in [6.07, 6.45) is 0. The molecule has 0 aliphatic heterocycles.